The van der Waals surface area contributed by atoms with Crippen molar-refractivity contribution in [1.82, 2.24) is 4.90 Å². The second-order valence-electron chi connectivity index (χ2n) is 7.08. The predicted octanol–water partition coefficient (Wildman–Crippen LogP) is 4.52. The van der Waals surface area contributed by atoms with Crippen LogP contribution in [0.25, 0.3) is 5.57 Å². The summed E-state index contributed by atoms with van der Waals surface area (Å²) in [4.78, 5) is 4.71. The largest absolute Gasteiger partial charge is 0.491 e. The summed E-state index contributed by atoms with van der Waals surface area (Å²) in [5.41, 5.74) is 3.72. The van der Waals surface area contributed by atoms with Crippen LogP contribution in [-0.2, 0) is 0 Å². The molecule has 0 spiro atoms. The SMILES string of the molecule is CC=C(C)c1ccc(OCC(O)CN2CCN(c3ccccc3)CC2)cc1.Cl.Cl. The average Bonchev–Trinajstić information content (AvgIpc) is 2.73. The van der Waals surface area contributed by atoms with E-state index in [1.807, 2.05) is 25.1 Å². The first kappa shape index (κ1) is 25.3. The molecule has 0 saturated carbocycles. The minimum Gasteiger partial charge on any atom is -0.491 e. The van der Waals surface area contributed by atoms with Gasteiger partial charge in [-0.1, -0.05) is 36.4 Å². The molecule has 1 unspecified atom stereocenters. The lowest BCUT2D eigenvalue weighted by Crippen LogP contribution is -2.49. The number of β-amino-alcohol motifs (C(OH)–C–C–N with tert-alkyl or cyclic N) is 1. The number of benzene rings is 2. The third-order valence-electron chi connectivity index (χ3n) is 5.15. The van der Waals surface area contributed by atoms with Crippen LogP contribution in [0.5, 0.6) is 5.75 Å². The highest BCUT2D eigenvalue weighted by atomic mass is 35.5. The molecular formula is C23H32Cl2N2O2. The molecule has 1 atom stereocenters. The van der Waals surface area contributed by atoms with Crippen LogP contribution in [0.3, 0.4) is 0 Å². The Morgan fingerprint density at radius 2 is 1.62 bits per heavy atom. The van der Waals surface area contributed by atoms with Gasteiger partial charge in [-0.3, -0.25) is 4.90 Å². The van der Waals surface area contributed by atoms with Crippen LogP contribution in [-0.4, -0.2) is 55.4 Å². The molecule has 6 heteroatoms. The highest BCUT2D eigenvalue weighted by Crippen LogP contribution is 2.19. The van der Waals surface area contributed by atoms with Crippen molar-refractivity contribution in [2.45, 2.75) is 20.0 Å². The second-order valence-corrected chi connectivity index (χ2v) is 7.08. The first-order valence-electron chi connectivity index (χ1n) is 9.72. The van der Waals surface area contributed by atoms with Crippen molar-refractivity contribution < 1.29 is 9.84 Å². The van der Waals surface area contributed by atoms with Crippen LogP contribution in [0, 0.1) is 0 Å². The third kappa shape index (κ3) is 7.56. The number of nitrogens with zero attached hydrogens (tertiary/aromatic N) is 2. The Morgan fingerprint density at radius 1 is 1.00 bits per heavy atom. The van der Waals surface area contributed by atoms with Crippen LogP contribution in [0.4, 0.5) is 5.69 Å². The molecule has 1 fully saturated rings. The minimum absolute atomic E-state index is 0. The van der Waals surface area contributed by atoms with Gasteiger partial charge in [-0.05, 0) is 49.2 Å². The normalized spacial score (nSPS) is 15.8. The van der Waals surface area contributed by atoms with Crippen molar-refractivity contribution in [1.29, 1.82) is 0 Å². The molecule has 0 radical (unpaired) electrons. The topological polar surface area (TPSA) is 35.9 Å². The Bertz CT molecular complexity index is 730. The lowest BCUT2D eigenvalue weighted by Gasteiger charge is -2.36. The predicted molar refractivity (Wildman–Crippen MR) is 127 cm³/mol. The minimum atomic E-state index is -0.481. The molecule has 1 aliphatic rings. The number of anilines is 1. The first-order chi connectivity index (χ1) is 13.2. The van der Waals surface area contributed by atoms with Crippen LogP contribution >= 0.6 is 24.8 Å². The van der Waals surface area contributed by atoms with Crippen molar-refractivity contribution in [2.24, 2.45) is 0 Å². The summed E-state index contributed by atoms with van der Waals surface area (Å²) in [7, 11) is 0. The van der Waals surface area contributed by atoms with Crippen molar-refractivity contribution >= 4 is 36.1 Å². The quantitative estimate of drug-likeness (QED) is 0.689. The Morgan fingerprint density at radius 3 is 2.21 bits per heavy atom. The van der Waals surface area contributed by atoms with Gasteiger partial charge in [0.15, 0.2) is 0 Å². The lowest BCUT2D eigenvalue weighted by atomic mass is 10.1. The average molecular weight is 439 g/mol. The molecule has 29 heavy (non-hydrogen) atoms. The number of halogens is 2. The van der Waals surface area contributed by atoms with E-state index in [9.17, 15) is 5.11 Å². The number of rotatable bonds is 7. The fourth-order valence-electron chi connectivity index (χ4n) is 3.35. The zero-order chi connectivity index (χ0) is 19.1. The van der Waals surface area contributed by atoms with E-state index >= 15 is 0 Å². The van der Waals surface area contributed by atoms with Crippen molar-refractivity contribution in [3.8, 4) is 5.75 Å². The van der Waals surface area contributed by atoms with Crippen LogP contribution in [0.15, 0.2) is 60.7 Å². The first-order valence-corrected chi connectivity index (χ1v) is 9.72. The van der Waals surface area contributed by atoms with Crippen LogP contribution < -0.4 is 9.64 Å². The molecule has 2 aromatic carbocycles. The summed E-state index contributed by atoms with van der Waals surface area (Å²) in [6.07, 6.45) is 1.61. The molecule has 3 rings (SSSR count). The molecule has 160 valence electrons. The smallest absolute Gasteiger partial charge is 0.119 e. The summed E-state index contributed by atoms with van der Waals surface area (Å²) in [5.74, 6) is 0.801. The monoisotopic (exact) mass is 438 g/mol. The highest BCUT2D eigenvalue weighted by molar-refractivity contribution is 5.85. The number of ether oxygens (including phenoxy) is 1. The van der Waals surface area contributed by atoms with Gasteiger partial charge in [0.25, 0.3) is 0 Å². The summed E-state index contributed by atoms with van der Waals surface area (Å²) >= 11 is 0. The van der Waals surface area contributed by atoms with Crippen molar-refractivity contribution in [2.75, 3.05) is 44.2 Å². The summed E-state index contributed by atoms with van der Waals surface area (Å²) in [5, 5.41) is 10.3. The number of allylic oxidation sites excluding steroid dienone is 2. The van der Waals surface area contributed by atoms with Crippen molar-refractivity contribution in [3.63, 3.8) is 0 Å². The van der Waals surface area contributed by atoms with Crippen LogP contribution in [0.1, 0.15) is 19.4 Å². The number of aliphatic hydroxyl groups excluding tert-OH is 1. The van der Waals surface area contributed by atoms with Gasteiger partial charge in [0.05, 0.1) is 0 Å². The number of hydrogen-bond donors (Lipinski definition) is 1. The third-order valence-corrected chi connectivity index (χ3v) is 5.15. The van der Waals surface area contributed by atoms with Gasteiger partial charge in [-0.15, -0.1) is 24.8 Å². The van der Waals surface area contributed by atoms with Gasteiger partial charge in [0.2, 0.25) is 0 Å². The van der Waals surface area contributed by atoms with E-state index in [0.717, 1.165) is 31.9 Å². The van der Waals surface area contributed by atoms with E-state index < -0.39 is 6.10 Å². The van der Waals surface area contributed by atoms with Gasteiger partial charge >= 0.3 is 0 Å². The number of aliphatic hydroxyl groups is 1. The van der Waals surface area contributed by atoms with E-state index in [-0.39, 0.29) is 24.8 Å². The maximum Gasteiger partial charge on any atom is 0.119 e. The van der Waals surface area contributed by atoms with E-state index in [2.05, 4.69) is 59.2 Å². The molecule has 1 saturated heterocycles. The van der Waals surface area contributed by atoms with Gasteiger partial charge in [-0.2, -0.15) is 0 Å². The Kier molecular flexibility index (Phi) is 11.1. The van der Waals surface area contributed by atoms with E-state index in [1.165, 1.54) is 16.8 Å². The van der Waals surface area contributed by atoms with Gasteiger partial charge in [-0.25, -0.2) is 0 Å². The number of hydrogen-bond acceptors (Lipinski definition) is 4. The molecule has 1 heterocycles. The summed E-state index contributed by atoms with van der Waals surface area (Å²) in [6, 6.07) is 18.6. The van der Waals surface area contributed by atoms with E-state index in [0.29, 0.717) is 13.2 Å². The van der Waals surface area contributed by atoms with Crippen LogP contribution in [0.2, 0.25) is 0 Å². The van der Waals surface area contributed by atoms with E-state index in [4.69, 9.17) is 4.74 Å². The maximum atomic E-state index is 10.3. The number of piperazine rings is 1. The van der Waals surface area contributed by atoms with Gasteiger partial charge in [0.1, 0.15) is 18.5 Å². The molecule has 0 aliphatic carbocycles. The molecule has 0 aromatic heterocycles. The molecular weight excluding hydrogens is 407 g/mol. The number of para-hydroxylation sites is 1. The summed E-state index contributed by atoms with van der Waals surface area (Å²) in [6.45, 7) is 9.01. The summed E-state index contributed by atoms with van der Waals surface area (Å²) < 4.78 is 5.76. The second kappa shape index (κ2) is 12.8. The highest BCUT2D eigenvalue weighted by Gasteiger charge is 2.19. The van der Waals surface area contributed by atoms with Gasteiger partial charge in [0, 0.05) is 38.4 Å². The molecule has 0 bridgehead atoms. The standard InChI is InChI=1S/C23H30N2O2.2ClH/c1-3-19(2)20-9-11-23(12-10-20)27-18-22(26)17-24-13-15-25(16-14-24)21-7-5-4-6-8-21;;/h3-12,22,26H,13-18H2,1-2H3;2*1H. The Labute approximate surface area is 187 Å². The molecule has 1 N–H and O–H groups in total. The molecule has 4 nitrogen and oxygen atoms in total. The zero-order valence-corrected chi connectivity index (χ0v) is 18.8. The van der Waals surface area contributed by atoms with E-state index in [1.54, 1.807) is 0 Å². The molecule has 1 aliphatic heterocycles. The Balaban J connectivity index is 0.00000210. The Hall–Kier alpha value is -1.72. The molecule has 0 amide bonds. The fraction of sp³-hybridized carbons (Fsp3) is 0.391. The fourth-order valence-corrected chi connectivity index (χ4v) is 3.35. The lowest BCUT2D eigenvalue weighted by molar-refractivity contribution is 0.0663. The maximum absolute atomic E-state index is 10.3. The zero-order valence-electron chi connectivity index (χ0n) is 17.2. The van der Waals surface area contributed by atoms with Crippen molar-refractivity contribution in [3.05, 3.63) is 66.2 Å². The molecule has 2 aromatic rings. The van der Waals surface area contributed by atoms with Gasteiger partial charge < -0.3 is 14.7 Å².